The lowest BCUT2D eigenvalue weighted by molar-refractivity contribution is 0.0789. The van der Waals surface area contributed by atoms with Crippen molar-refractivity contribution >= 4 is 21.8 Å². The Balaban J connectivity index is 1.36. The van der Waals surface area contributed by atoms with E-state index in [2.05, 4.69) is 26.3 Å². The van der Waals surface area contributed by atoms with Gasteiger partial charge in [0, 0.05) is 10.7 Å². The number of benzene rings is 2. The van der Waals surface area contributed by atoms with Gasteiger partial charge in [-0.25, -0.2) is 4.68 Å². The summed E-state index contributed by atoms with van der Waals surface area (Å²) in [6, 6.07) is 15.2. The summed E-state index contributed by atoms with van der Waals surface area (Å²) in [7, 11) is 0. The normalized spacial score (nSPS) is 15.5. The van der Waals surface area contributed by atoms with Crippen LogP contribution in [0, 0.1) is 0 Å². The van der Waals surface area contributed by atoms with Crippen LogP contribution in [0.1, 0.15) is 10.4 Å². The topological polar surface area (TPSA) is 65.4 Å². The Morgan fingerprint density at radius 3 is 2.77 bits per heavy atom. The lowest BCUT2D eigenvalue weighted by Gasteiger charge is -2.26. The van der Waals surface area contributed by atoms with Gasteiger partial charge in [-0.2, -0.15) is 5.10 Å². The van der Waals surface area contributed by atoms with Crippen molar-refractivity contribution in [2.75, 3.05) is 13.2 Å². The smallest absolute Gasteiger partial charge is 0.254 e. The van der Waals surface area contributed by atoms with Gasteiger partial charge in [0.2, 0.25) is 0 Å². The summed E-state index contributed by atoms with van der Waals surface area (Å²) in [5.74, 6) is 1.22. The number of carbonyl (C=O) groups is 1. The van der Waals surface area contributed by atoms with Crippen molar-refractivity contribution in [1.29, 1.82) is 0 Å². The van der Waals surface area contributed by atoms with Crippen LogP contribution in [0.15, 0.2) is 65.4 Å². The summed E-state index contributed by atoms with van der Waals surface area (Å²) < 4.78 is 14.1. The van der Waals surface area contributed by atoms with Gasteiger partial charge < -0.3 is 14.8 Å². The van der Waals surface area contributed by atoms with Crippen LogP contribution in [-0.2, 0) is 0 Å². The van der Waals surface area contributed by atoms with Crippen molar-refractivity contribution in [3.63, 3.8) is 0 Å². The first kappa shape index (κ1) is 16.7. The van der Waals surface area contributed by atoms with Gasteiger partial charge in [-0.15, -0.1) is 0 Å². The molecule has 1 amide bonds. The van der Waals surface area contributed by atoms with Crippen molar-refractivity contribution in [2.45, 2.75) is 6.10 Å². The third kappa shape index (κ3) is 3.57. The Labute approximate surface area is 158 Å². The Morgan fingerprint density at radius 2 is 1.96 bits per heavy atom. The van der Waals surface area contributed by atoms with Crippen molar-refractivity contribution in [3.8, 4) is 17.2 Å². The number of carbonyl (C=O) groups excluding carboxylic acids is 1. The number of nitrogens with one attached hydrogen (secondary N) is 1. The molecular formula is C19H16BrN3O3. The molecule has 0 fully saturated rings. The molecule has 132 valence electrons. The zero-order valence-electron chi connectivity index (χ0n) is 13.8. The molecule has 1 aromatic heterocycles. The number of nitrogens with zero attached hydrogens (tertiary/aromatic N) is 2. The summed E-state index contributed by atoms with van der Waals surface area (Å²) in [5, 5.41) is 7.11. The molecule has 0 aliphatic carbocycles. The fourth-order valence-electron chi connectivity index (χ4n) is 2.65. The van der Waals surface area contributed by atoms with Crippen molar-refractivity contribution in [3.05, 3.63) is 71.0 Å². The predicted molar refractivity (Wildman–Crippen MR) is 100.0 cm³/mol. The lowest BCUT2D eigenvalue weighted by atomic mass is 10.2. The van der Waals surface area contributed by atoms with E-state index in [-0.39, 0.29) is 12.0 Å². The first-order valence-corrected chi connectivity index (χ1v) is 8.95. The van der Waals surface area contributed by atoms with Crippen LogP contribution >= 0.6 is 15.9 Å². The summed E-state index contributed by atoms with van der Waals surface area (Å²) in [6.45, 7) is 0.756. The minimum Gasteiger partial charge on any atom is -0.486 e. The van der Waals surface area contributed by atoms with Gasteiger partial charge in [0.1, 0.15) is 12.7 Å². The summed E-state index contributed by atoms with van der Waals surface area (Å²) in [4.78, 5) is 12.4. The quantitative estimate of drug-likeness (QED) is 0.712. The first-order chi connectivity index (χ1) is 12.7. The number of para-hydroxylation sites is 2. The molecule has 1 atom stereocenters. The van der Waals surface area contributed by atoms with Crippen LogP contribution in [0.2, 0.25) is 0 Å². The maximum Gasteiger partial charge on any atom is 0.254 e. The minimum atomic E-state index is -0.227. The Bertz CT molecular complexity index is 924. The molecule has 3 aromatic rings. The first-order valence-electron chi connectivity index (χ1n) is 8.16. The van der Waals surface area contributed by atoms with Gasteiger partial charge in [0.05, 0.1) is 24.0 Å². The van der Waals surface area contributed by atoms with Gasteiger partial charge >= 0.3 is 0 Å². The highest BCUT2D eigenvalue weighted by Gasteiger charge is 2.21. The number of amides is 1. The van der Waals surface area contributed by atoms with Crippen molar-refractivity contribution in [1.82, 2.24) is 15.1 Å². The summed E-state index contributed by atoms with van der Waals surface area (Å²) in [5.41, 5.74) is 1.37. The lowest BCUT2D eigenvalue weighted by Crippen LogP contribution is -2.40. The Kier molecular flexibility index (Phi) is 4.62. The zero-order valence-corrected chi connectivity index (χ0v) is 15.3. The van der Waals surface area contributed by atoms with Crippen molar-refractivity contribution in [2.24, 2.45) is 0 Å². The van der Waals surface area contributed by atoms with Crippen LogP contribution in [-0.4, -0.2) is 34.9 Å². The van der Waals surface area contributed by atoms with Gasteiger partial charge in [-0.05, 0) is 36.4 Å². The average Bonchev–Trinajstić information content (AvgIpc) is 3.17. The number of halogens is 1. The molecule has 26 heavy (non-hydrogen) atoms. The highest BCUT2D eigenvalue weighted by atomic mass is 79.9. The second kappa shape index (κ2) is 7.21. The number of ether oxygens (including phenoxy) is 2. The van der Waals surface area contributed by atoms with Gasteiger partial charge in [0.15, 0.2) is 11.5 Å². The molecule has 0 saturated heterocycles. The van der Waals surface area contributed by atoms with E-state index >= 15 is 0 Å². The Morgan fingerprint density at radius 1 is 1.19 bits per heavy atom. The number of hydrogen-bond donors (Lipinski definition) is 1. The molecule has 7 heteroatoms. The molecule has 1 aliphatic heterocycles. The number of fused-ring (bicyclic) bond motifs is 1. The zero-order chi connectivity index (χ0) is 17.9. The molecule has 0 bridgehead atoms. The van der Waals surface area contributed by atoms with Crippen LogP contribution in [0.5, 0.6) is 11.5 Å². The molecular weight excluding hydrogens is 398 g/mol. The number of aromatic nitrogens is 2. The average molecular weight is 414 g/mol. The minimum absolute atomic E-state index is 0.198. The number of rotatable bonds is 4. The van der Waals surface area contributed by atoms with Crippen LogP contribution in [0.3, 0.4) is 0 Å². The van der Waals surface area contributed by atoms with E-state index in [4.69, 9.17) is 9.47 Å². The third-order valence-corrected chi connectivity index (χ3v) is 4.52. The fraction of sp³-hybridized carbons (Fsp3) is 0.158. The van der Waals surface area contributed by atoms with Crippen LogP contribution < -0.4 is 14.8 Å². The van der Waals surface area contributed by atoms with Gasteiger partial charge in [0.25, 0.3) is 5.91 Å². The largest absolute Gasteiger partial charge is 0.486 e. The molecule has 1 N–H and O–H groups in total. The van der Waals surface area contributed by atoms with Gasteiger partial charge in [-0.3, -0.25) is 4.79 Å². The summed E-state index contributed by atoms with van der Waals surface area (Å²) >= 11 is 3.40. The summed E-state index contributed by atoms with van der Waals surface area (Å²) in [6.07, 6.45) is 3.02. The molecule has 2 aromatic carbocycles. The standard InChI is InChI=1S/C19H16BrN3O3/c20-14-5-7-15(8-6-14)23-11-13(9-22-23)19(24)21-10-16-12-25-17-3-1-2-4-18(17)26-16/h1-9,11,16H,10,12H2,(H,21,24)/t16-/m0/s1. The number of hydrogen-bond acceptors (Lipinski definition) is 4. The van der Waals surface area contributed by atoms with Crippen molar-refractivity contribution < 1.29 is 14.3 Å². The van der Waals surface area contributed by atoms with E-state index in [0.717, 1.165) is 15.9 Å². The highest BCUT2D eigenvalue weighted by molar-refractivity contribution is 9.10. The van der Waals surface area contributed by atoms with E-state index in [1.807, 2.05) is 48.5 Å². The molecule has 0 unspecified atom stereocenters. The van der Waals surface area contributed by atoms with E-state index < -0.39 is 0 Å². The third-order valence-electron chi connectivity index (χ3n) is 3.99. The highest BCUT2D eigenvalue weighted by Crippen LogP contribution is 2.30. The molecule has 6 nitrogen and oxygen atoms in total. The predicted octanol–water partition coefficient (Wildman–Crippen LogP) is 3.20. The van der Waals surface area contributed by atoms with E-state index in [0.29, 0.717) is 24.5 Å². The van der Waals surface area contributed by atoms with Gasteiger partial charge in [-0.1, -0.05) is 28.1 Å². The monoisotopic (exact) mass is 413 g/mol. The second-order valence-electron chi connectivity index (χ2n) is 5.86. The maximum absolute atomic E-state index is 12.4. The SMILES string of the molecule is O=C(NC[C@H]1COc2ccccc2O1)c1cnn(-c2ccc(Br)cc2)c1. The molecule has 0 radical (unpaired) electrons. The van der Waals surface area contributed by atoms with E-state index in [1.165, 1.54) is 0 Å². The molecule has 4 rings (SSSR count). The second-order valence-corrected chi connectivity index (χ2v) is 6.77. The maximum atomic E-state index is 12.4. The van der Waals surface area contributed by atoms with E-state index in [1.54, 1.807) is 17.1 Å². The van der Waals surface area contributed by atoms with Crippen LogP contribution in [0.25, 0.3) is 5.69 Å². The fourth-order valence-corrected chi connectivity index (χ4v) is 2.91. The van der Waals surface area contributed by atoms with Crippen LogP contribution in [0.4, 0.5) is 0 Å². The molecule has 0 saturated carbocycles. The molecule has 1 aliphatic rings. The molecule has 0 spiro atoms. The van der Waals surface area contributed by atoms with E-state index in [9.17, 15) is 4.79 Å². The Hall–Kier alpha value is -2.80. The molecule has 2 heterocycles.